The minimum absolute atomic E-state index is 0.139. The predicted molar refractivity (Wildman–Crippen MR) is 124 cm³/mol. The summed E-state index contributed by atoms with van der Waals surface area (Å²) in [5, 5.41) is 0.998. The van der Waals surface area contributed by atoms with E-state index in [9.17, 15) is 13.2 Å². The molecule has 2 aliphatic heterocycles. The van der Waals surface area contributed by atoms with Gasteiger partial charge in [-0.1, -0.05) is 49.7 Å². The number of para-hydroxylation sites is 1. The molecule has 0 radical (unpaired) electrons. The molecule has 32 heavy (non-hydrogen) atoms. The average molecular weight is 449 g/mol. The molecule has 4 atom stereocenters. The molecule has 1 aromatic heterocycles. The van der Waals surface area contributed by atoms with E-state index in [2.05, 4.69) is 13.8 Å². The maximum atomic E-state index is 14.2. The number of rotatable bonds is 2. The lowest BCUT2D eigenvalue weighted by atomic mass is 9.78. The first-order valence-electron chi connectivity index (χ1n) is 11.5. The number of nitrogens with zero attached hydrogens (tertiary/aromatic N) is 2. The minimum atomic E-state index is -3.84. The van der Waals surface area contributed by atoms with Crippen LogP contribution in [0.25, 0.3) is 10.9 Å². The van der Waals surface area contributed by atoms with Crippen LogP contribution in [-0.2, 0) is 26.8 Å². The number of carbonyl (C=O) groups excluding carboxylic acids is 1. The second kappa shape index (κ2) is 6.47. The van der Waals surface area contributed by atoms with Crippen molar-refractivity contribution >= 4 is 26.8 Å². The predicted octanol–water partition coefficient (Wildman–Crippen LogP) is 4.46. The Labute approximate surface area is 189 Å². The molecule has 6 heteroatoms. The summed E-state index contributed by atoms with van der Waals surface area (Å²) in [6.07, 6.45) is 2.02. The normalized spacial score (nSPS) is 29.3. The van der Waals surface area contributed by atoms with Crippen molar-refractivity contribution in [3.8, 4) is 0 Å². The number of carbonyl (C=O) groups is 1. The molecular weight excluding hydrogens is 420 g/mol. The van der Waals surface area contributed by atoms with Crippen molar-refractivity contribution < 1.29 is 13.2 Å². The van der Waals surface area contributed by atoms with E-state index in [0.717, 1.165) is 34.1 Å². The van der Waals surface area contributed by atoms with E-state index in [1.165, 1.54) is 0 Å². The van der Waals surface area contributed by atoms with E-state index in [4.69, 9.17) is 0 Å². The fourth-order valence-electron chi connectivity index (χ4n) is 6.83. The Kier molecular flexibility index (Phi) is 4.05. The van der Waals surface area contributed by atoms with Crippen LogP contribution in [0.4, 0.5) is 0 Å². The molecule has 166 valence electrons. The summed E-state index contributed by atoms with van der Waals surface area (Å²) in [7, 11) is -3.84. The lowest BCUT2D eigenvalue weighted by molar-refractivity contribution is -0.132. The van der Waals surface area contributed by atoms with Crippen LogP contribution in [0.2, 0.25) is 0 Å². The van der Waals surface area contributed by atoms with Gasteiger partial charge < -0.3 is 4.90 Å². The number of hydrogen-bond acceptors (Lipinski definition) is 3. The van der Waals surface area contributed by atoms with Crippen LogP contribution in [0.1, 0.15) is 43.5 Å². The number of hydrogen-bond donors (Lipinski definition) is 0. The maximum Gasteiger partial charge on any atom is 0.268 e. The first-order valence-corrected chi connectivity index (χ1v) is 13.0. The van der Waals surface area contributed by atoms with Crippen molar-refractivity contribution in [2.45, 2.75) is 50.5 Å². The molecule has 1 saturated heterocycles. The average Bonchev–Trinajstić information content (AvgIpc) is 3.34. The summed E-state index contributed by atoms with van der Waals surface area (Å²) < 4.78 is 29.9. The molecule has 1 amide bonds. The highest BCUT2D eigenvalue weighted by atomic mass is 32.2. The monoisotopic (exact) mass is 448 g/mol. The van der Waals surface area contributed by atoms with Gasteiger partial charge in [0.25, 0.3) is 10.0 Å². The smallest absolute Gasteiger partial charge is 0.268 e. The molecule has 3 heterocycles. The van der Waals surface area contributed by atoms with Gasteiger partial charge in [0.2, 0.25) is 5.91 Å². The summed E-state index contributed by atoms with van der Waals surface area (Å²) in [5.41, 5.74) is 3.15. The van der Waals surface area contributed by atoms with Gasteiger partial charge in [-0.05, 0) is 61.3 Å². The van der Waals surface area contributed by atoms with Crippen molar-refractivity contribution in [3.05, 3.63) is 65.4 Å². The molecule has 3 aromatic rings. The second-order valence-electron chi connectivity index (χ2n) is 10.00. The molecule has 0 bridgehead atoms. The van der Waals surface area contributed by atoms with E-state index in [0.29, 0.717) is 36.1 Å². The standard InChI is InChI=1S/C26H28N2O3S/c1-16-8-10-19(11-9-16)32(30,31)28-23-7-5-4-6-20(23)21-12-13-27-24(29)14-22-18(3)17(2)15-26(22,27)25(21)28/h4-11,17-18,22H,12-15H2,1-3H3/t17-,18+,22-,26+/m0/s1. The summed E-state index contributed by atoms with van der Waals surface area (Å²) in [4.78, 5) is 15.4. The zero-order valence-corrected chi connectivity index (χ0v) is 19.5. The molecule has 3 aliphatic rings. The van der Waals surface area contributed by atoms with Gasteiger partial charge in [0.1, 0.15) is 0 Å². The number of aromatic nitrogens is 1. The molecule has 1 aliphatic carbocycles. The largest absolute Gasteiger partial charge is 0.331 e. The van der Waals surface area contributed by atoms with Gasteiger partial charge in [0, 0.05) is 18.4 Å². The first kappa shape index (κ1) is 20.0. The fourth-order valence-corrected chi connectivity index (χ4v) is 8.44. The highest BCUT2D eigenvalue weighted by molar-refractivity contribution is 7.90. The van der Waals surface area contributed by atoms with Crippen LogP contribution >= 0.6 is 0 Å². The summed E-state index contributed by atoms with van der Waals surface area (Å²) in [5.74, 6) is 1.10. The van der Waals surface area contributed by atoms with Gasteiger partial charge in [-0.15, -0.1) is 0 Å². The van der Waals surface area contributed by atoms with Crippen LogP contribution < -0.4 is 0 Å². The second-order valence-corrected chi connectivity index (χ2v) is 11.8. The third-order valence-corrected chi connectivity index (χ3v) is 10.2. The quantitative estimate of drug-likeness (QED) is 0.581. The van der Waals surface area contributed by atoms with Crippen molar-refractivity contribution in [3.63, 3.8) is 0 Å². The van der Waals surface area contributed by atoms with E-state index in [-0.39, 0.29) is 11.8 Å². The molecule has 2 aromatic carbocycles. The van der Waals surface area contributed by atoms with Gasteiger partial charge in [0.15, 0.2) is 0 Å². The van der Waals surface area contributed by atoms with Crippen LogP contribution in [0.15, 0.2) is 53.4 Å². The summed E-state index contributed by atoms with van der Waals surface area (Å²) in [6, 6.07) is 14.9. The highest BCUT2D eigenvalue weighted by Crippen LogP contribution is 2.61. The van der Waals surface area contributed by atoms with Gasteiger partial charge in [-0.2, -0.15) is 0 Å². The van der Waals surface area contributed by atoms with Gasteiger partial charge in [0.05, 0.1) is 21.6 Å². The lowest BCUT2D eigenvalue weighted by Gasteiger charge is -2.44. The lowest BCUT2D eigenvalue weighted by Crippen LogP contribution is -2.51. The van der Waals surface area contributed by atoms with Gasteiger partial charge >= 0.3 is 0 Å². The zero-order chi connectivity index (χ0) is 22.4. The summed E-state index contributed by atoms with van der Waals surface area (Å²) in [6.45, 7) is 7.10. The van der Waals surface area contributed by atoms with Crippen molar-refractivity contribution in [1.82, 2.24) is 8.87 Å². The topological polar surface area (TPSA) is 59.4 Å². The Bertz CT molecular complexity index is 1370. The zero-order valence-electron chi connectivity index (χ0n) is 18.7. The van der Waals surface area contributed by atoms with E-state index >= 15 is 0 Å². The Morgan fingerprint density at radius 1 is 1.03 bits per heavy atom. The number of fused-ring (bicyclic) bond motifs is 3. The number of aryl methyl sites for hydroxylation is 1. The van der Waals surface area contributed by atoms with Crippen LogP contribution in [0, 0.1) is 24.7 Å². The van der Waals surface area contributed by atoms with E-state index in [1.54, 1.807) is 16.1 Å². The Hall–Kier alpha value is -2.60. The summed E-state index contributed by atoms with van der Waals surface area (Å²) >= 11 is 0. The third kappa shape index (κ3) is 2.34. The molecule has 2 fully saturated rings. The molecule has 1 saturated carbocycles. The maximum absolute atomic E-state index is 14.2. The molecule has 6 rings (SSSR count). The van der Waals surface area contributed by atoms with Gasteiger partial charge in [-0.3, -0.25) is 4.79 Å². The minimum Gasteiger partial charge on any atom is -0.331 e. The van der Waals surface area contributed by atoms with E-state index in [1.807, 2.05) is 48.2 Å². The molecule has 5 nitrogen and oxygen atoms in total. The Morgan fingerprint density at radius 2 is 1.75 bits per heavy atom. The van der Waals surface area contributed by atoms with Crippen LogP contribution in [0.5, 0.6) is 0 Å². The SMILES string of the molecule is Cc1ccc(S(=O)(=O)n2c3c(c4ccccc42)CCN2C(=O)C[C@H]4[C@H](C)[C@@H](C)C[C@]342)cc1. The molecule has 0 N–H and O–H groups in total. The number of amides is 1. The molecule has 0 unspecified atom stereocenters. The Balaban J connectivity index is 1.72. The van der Waals surface area contributed by atoms with E-state index < -0.39 is 15.6 Å². The molecule has 1 spiro atoms. The third-order valence-electron chi connectivity index (χ3n) is 8.45. The van der Waals surface area contributed by atoms with Crippen molar-refractivity contribution in [1.29, 1.82) is 0 Å². The molecular formula is C26H28N2O3S. The fraction of sp³-hybridized carbons (Fsp3) is 0.423. The number of benzene rings is 2. The van der Waals surface area contributed by atoms with Crippen molar-refractivity contribution in [2.75, 3.05) is 6.54 Å². The first-order chi connectivity index (χ1) is 15.3. The van der Waals surface area contributed by atoms with Gasteiger partial charge in [-0.25, -0.2) is 12.4 Å². The van der Waals surface area contributed by atoms with Crippen LogP contribution in [0.3, 0.4) is 0 Å². The van der Waals surface area contributed by atoms with Crippen molar-refractivity contribution in [2.24, 2.45) is 17.8 Å². The highest BCUT2D eigenvalue weighted by Gasteiger charge is 2.64. The van der Waals surface area contributed by atoms with Crippen LogP contribution in [-0.4, -0.2) is 29.7 Å². The Morgan fingerprint density at radius 3 is 2.50 bits per heavy atom.